The zero-order chi connectivity index (χ0) is 19.5. The lowest BCUT2D eigenvalue weighted by Crippen LogP contribution is -2.42. The number of benzene rings is 1. The first kappa shape index (κ1) is 18.3. The number of likely N-dealkylation sites (tertiary alicyclic amines) is 1. The lowest BCUT2D eigenvalue weighted by molar-refractivity contribution is -0.130. The number of amides is 2. The van der Waals surface area contributed by atoms with Gasteiger partial charge in [0.15, 0.2) is 5.58 Å². The van der Waals surface area contributed by atoms with Crippen molar-refractivity contribution in [1.82, 2.24) is 14.8 Å². The second-order valence-electron chi connectivity index (χ2n) is 7.34. The quantitative estimate of drug-likeness (QED) is 0.739. The highest BCUT2D eigenvalue weighted by Gasteiger charge is 2.21. The molecule has 6 heteroatoms. The molecule has 3 aromatic rings. The van der Waals surface area contributed by atoms with Crippen LogP contribution in [-0.4, -0.2) is 40.9 Å². The Hall–Kier alpha value is -3.02. The Balaban J connectivity index is 1.53. The Morgan fingerprint density at radius 1 is 1.11 bits per heavy atom. The molecule has 0 spiro atoms. The van der Waals surface area contributed by atoms with E-state index in [-0.39, 0.29) is 18.4 Å². The summed E-state index contributed by atoms with van der Waals surface area (Å²) in [6.07, 6.45) is 4.87. The summed E-state index contributed by atoms with van der Waals surface area (Å²) in [6, 6.07) is 11.7. The molecule has 3 heterocycles. The minimum Gasteiger partial charge on any atom is -0.463 e. The van der Waals surface area contributed by atoms with Gasteiger partial charge in [-0.3, -0.25) is 9.59 Å². The molecule has 146 valence electrons. The largest absolute Gasteiger partial charge is 0.463 e. The van der Waals surface area contributed by atoms with Crippen molar-refractivity contribution >= 4 is 22.9 Å². The van der Waals surface area contributed by atoms with Crippen LogP contribution in [0.25, 0.3) is 11.1 Å². The smallest absolute Gasteiger partial charge is 0.268 e. The number of carbonyl (C=O) groups is 2. The number of piperidine rings is 1. The number of hydrogen-bond donors (Lipinski definition) is 1. The van der Waals surface area contributed by atoms with Gasteiger partial charge in [0.25, 0.3) is 5.91 Å². The molecular formula is C22H25N3O3. The van der Waals surface area contributed by atoms with Gasteiger partial charge in [-0.2, -0.15) is 0 Å². The fraction of sp³-hybridized carbons (Fsp3) is 0.364. The van der Waals surface area contributed by atoms with Gasteiger partial charge < -0.3 is 19.2 Å². The van der Waals surface area contributed by atoms with Crippen LogP contribution in [0.3, 0.4) is 0 Å². The maximum atomic E-state index is 12.9. The highest BCUT2D eigenvalue weighted by molar-refractivity contribution is 5.99. The van der Waals surface area contributed by atoms with Crippen molar-refractivity contribution in [2.24, 2.45) is 0 Å². The van der Waals surface area contributed by atoms with E-state index in [0.717, 1.165) is 37.0 Å². The SMILES string of the molecule is Cc1ccccc1Cn1c(C(=O)NCC(=O)N2CCCCC2)cc2occc21. The molecular weight excluding hydrogens is 354 g/mol. The van der Waals surface area contributed by atoms with Crippen LogP contribution < -0.4 is 5.32 Å². The van der Waals surface area contributed by atoms with Gasteiger partial charge >= 0.3 is 0 Å². The van der Waals surface area contributed by atoms with Crippen LogP contribution in [0.4, 0.5) is 0 Å². The molecule has 0 aliphatic carbocycles. The van der Waals surface area contributed by atoms with E-state index in [1.54, 1.807) is 12.3 Å². The van der Waals surface area contributed by atoms with Gasteiger partial charge in [0, 0.05) is 31.8 Å². The monoisotopic (exact) mass is 379 g/mol. The standard InChI is InChI=1S/C22H25N3O3/c1-16-7-3-4-8-17(16)15-25-18-9-12-28-20(18)13-19(25)22(27)23-14-21(26)24-10-5-2-6-11-24/h3-4,7-9,12-13H,2,5-6,10-11,14-15H2,1H3,(H,23,27). The van der Waals surface area contributed by atoms with Crippen molar-refractivity contribution < 1.29 is 14.0 Å². The molecule has 0 bridgehead atoms. The normalized spacial score (nSPS) is 14.4. The van der Waals surface area contributed by atoms with Crippen LogP contribution in [0, 0.1) is 6.92 Å². The molecule has 1 aliphatic heterocycles. The van der Waals surface area contributed by atoms with Crippen molar-refractivity contribution in [2.75, 3.05) is 19.6 Å². The van der Waals surface area contributed by atoms with Gasteiger partial charge in [-0.1, -0.05) is 24.3 Å². The molecule has 28 heavy (non-hydrogen) atoms. The van der Waals surface area contributed by atoms with E-state index < -0.39 is 0 Å². The Bertz CT molecular complexity index is 996. The summed E-state index contributed by atoms with van der Waals surface area (Å²) in [6.45, 7) is 4.22. The third-order valence-electron chi connectivity index (χ3n) is 5.45. The van der Waals surface area contributed by atoms with Crippen LogP contribution in [0.2, 0.25) is 0 Å². The van der Waals surface area contributed by atoms with Crippen molar-refractivity contribution in [3.63, 3.8) is 0 Å². The van der Waals surface area contributed by atoms with E-state index in [2.05, 4.69) is 24.4 Å². The summed E-state index contributed by atoms with van der Waals surface area (Å²) in [4.78, 5) is 27.0. The van der Waals surface area contributed by atoms with Gasteiger partial charge in [-0.25, -0.2) is 0 Å². The number of aryl methyl sites for hydroxylation is 1. The molecule has 0 saturated carbocycles. The molecule has 1 aliphatic rings. The molecule has 0 radical (unpaired) electrons. The minimum atomic E-state index is -0.259. The van der Waals surface area contributed by atoms with E-state index in [9.17, 15) is 9.59 Å². The fourth-order valence-electron chi connectivity index (χ4n) is 3.79. The van der Waals surface area contributed by atoms with E-state index in [4.69, 9.17) is 4.42 Å². The minimum absolute atomic E-state index is 0.0197. The van der Waals surface area contributed by atoms with E-state index in [1.165, 1.54) is 12.0 Å². The van der Waals surface area contributed by atoms with E-state index in [0.29, 0.717) is 17.8 Å². The number of carbonyl (C=O) groups excluding carboxylic acids is 2. The van der Waals surface area contributed by atoms with Crippen molar-refractivity contribution in [1.29, 1.82) is 0 Å². The maximum Gasteiger partial charge on any atom is 0.268 e. The number of fused-ring (bicyclic) bond motifs is 1. The first-order valence-electron chi connectivity index (χ1n) is 9.80. The molecule has 1 aromatic carbocycles. The first-order valence-corrected chi connectivity index (χ1v) is 9.80. The predicted octanol–water partition coefficient (Wildman–Crippen LogP) is 3.33. The topological polar surface area (TPSA) is 67.5 Å². The zero-order valence-electron chi connectivity index (χ0n) is 16.1. The van der Waals surface area contributed by atoms with E-state index >= 15 is 0 Å². The number of nitrogens with one attached hydrogen (secondary N) is 1. The highest BCUT2D eigenvalue weighted by atomic mass is 16.3. The van der Waals surface area contributed by atoms with E-state index in [1.807, 2.05) is 27.7 Å². The molecule has 2 amide bonds. The van der Waals surface area contributed by atoms with Crippen molar-refractivity contribution in [3.05, 3.63) is 59.5 Å². The zero-order valence-corrected chi connectivity index (χ0v) is 16.1. The number of hydrogen-bond acceptors (Lipinski definition) is 3. The Morgan fingerprint density at radius 2 is 1.89 bits per heavy atom. The molecule has 1 saturated heterocycles. The van der Waals surface area contributed by atoms with Crippen LogP contribution in [-0.2, 0) is 11.3 Å². The average molecular weight is 379 g/mol. The van der Waals surface area contributed by atoms with Crippen LogP contribution in [0.15, 0.2) is 47.1 Å². The van der Waals surface area contributed by atoms with Crippen LogP contribution in [0.5, 0.6) is 0 Å². The molecule has 2 aromatic heterocycles. The Labute approximate surface area is 164 Å². The summed E-state index contributed by atoms with van der Waals surface area (Å²) in [5.41, 5.74) is 4.35. The van der Waals surface area contributed by atoms with Gasteiger partial charge in [-0.15, -0.1) is 0 Å². The molecule has 0 atom stereocenters. The number of aromatic nitrogens is 1. The summed E-state index contributed by atoms with van der Waals surface area (Å²) in [7, 11) is 0. The molecule has 4 rings (SSSR count). The van der Waals surface area contributed by atoms with Gasteiger partial charge in [0.05, 0.1) is 18.3 Å². The number of furan rings is 1. The van der Waals surface area contributed by atoms with Crippen LogP contribution >= 0.6 is 0 Å². The summed E-state index contributed by atoms with van der Waals surface area (Å²) < 4.78 is 7.45. The number of rotatable bonds is 5. The summed E-state index contributed by atoms with van der Waals surface area (Å²) >= 11 is 0. The Morgan fingerprint density at radius 3 is 2.68 bits per heavy atom. The average Bonchev–Trinajstić information content (AvgIpc) is 3.31. The summed E-state index contributed by atoms with van der Waals surface area (Å²) in [5, 5.41) is 2.79. The maximum absolute atomic E-state index is 12.9. The fourth-order valence-corrected chi connectivity index (χ4v) is 3.79. The highest BCUT2D eigenvalue weighted by Crippen LogP contribution is 2.23. The van der Waals surface area contributed by atoms with Crippen LogP contribution in [0.1, 0.15) is 40.9 Å². The molecule has 1 fully saturated rings. The molecule has 1 N–H and O–H groups in total. The Kier molecular flexibility index (Phi) is 5.19. The van der Waals surface area contributed by atoms with Crippen molar-refractivity contribution in [3.8, 4) is 0 Å². The predicted molar refractivity (Wildman–Crippen MR) is 107 cm³/mol. The van der Waals surface area contributed by atoms with Gasteiger partial charge in [-0.05, 0) is 37.3 Å². The molecule has 0 unspecified atom stereocenters. The first-order chi connectivity index (χ1) is 13.6. The number of nitrogens with zero attached hydrogens (tertiary/aromatic N) is 2. The van der Waals surface area contributed by atoms with Crippen molar-refractivity contribution in [2.45, 2.75) is 32.7 Å². The third kappa shape index (κ3) is 3.67. The lowest BCUT2D eigenvalue weighted by Gasteiger charge is -2.26. The van der Waals surface area contributed by atoms with Gasteiger partial charge in [0.2, 0.25) is 5.91 Å². The third-order valence-corrected chi connectivity index (χ3v) is 5.45. The second kappa shape index (κ2) is 7.92. The molecule has 6 nitrogen and oxygen atoms in total. The lowest BCUT2D eigenvalue weighted by atomic mass is 10.1. The summed E-state index contributed by atoms with van der Waals surface area (Å²) in [5.74, 6) is -0.279. The second-order valence-corrected chi connectivity index (χ2v) is 7.34. The van der Waals surface area contributed by atoms with Gasteiger partial charge in [0.1, 0.15) is 5.69 Å².